The van der Waals surface area contributed by atoms with Gasteiger partial charge in [-0.05, 0) is 108 Å². The van der Waals surface area contributed by atoms with Gasteiger partial charge >= 0.3 is 0 Å². The summed E-state index contributed by atoms with van der Waals surface area (Å²) >= 11 is 0. The fourth-order valence-electron chi connectivity index (χ4n) is 6.92. The van der Waals surface area contributed by atoms with E-state index in [1.165, 1.54) is 19.3 Å². The molecule has 0 bridgehead atoms. The van der Waals surface area contributed by atoms with Crippen LogP contribution in [0.1, 0.15) is 211 Å². The molecular weight excluding hydrogens is 783 g/mol. The molecule has 2 aromatic carbocycles. The predicted molar refractivity (Wildman–Crippen MR) is 252 cm³/mol. The van der Waals surface area contributed by atoms with Crippen molar-refractivity contribution in [3.05, 3.63) is 46.5 Å². The van der Waals surface area contributed by atoms with E-state index in [1.54, 1.807) is 24.3 Å². The van der Waals surface area contributed by atoms with E-state index in [1.807, 2.05) is 0 Å². The van der Waals surface area contributed by atoms with E-state index in [-0.39, 0.29) is 17.5 Å². The third kappa shape index (κ3) is 22.4. The molecule has 0 spiro atoms. The minimum absolute atomic E-state index is 0.00438. The zero-order valence-electron chi connectivity index (χ0n) is 39.3. The van der Waals surface area contributed by atoms with E-state index in [0.717, 1.165) is 103 Å². The number of carbonyl (C=O) groups is 4. The van der Waals surface area contributed by atoms with Crippen molar-refractivity contribution in [1.82, 2.24) is 5.32 Å². The standard InChI is InChI=1S/C51H83N3O8/c1-6-7-8-9-11-16-23-45(56)42-35-43(49(60-31-22-15-19-28-53)37-48(42)59-30-21-14-18-27-52)46(57)24-17-12-10-13-20-29-54-51(58)44-34-41(38-55)47(61-32-25-39(2)3)36-50(44)62-33-26-40(4)5/h34-40H,6-33,52-53H2,1-5H3,(H,54,58). The van der Waals surface area contributed by atoms with Crippen LogP contribution in [0, 0.1) is 11.8 Å². The highest BCUT2D eigenvalue weighted by Gasteiger charge is 2.22. The second-order valence-electron chi connectivity index (χ2n) is 17.4. The van der Waals surface area contributed by atoms with Crippen molar-refractivity contribution in [2.24, 2.45) is 23.3 Å². The predicted octanol–water partition coefficient (Wildman–Crippen LogP) is 11.3. The largest absolute Gasteiger partial charge is 0.493 e. The van der Waals surface area contributed by atoms with Crippen LogP contribution in [0.3, 0.4) is 0 Å². The van der Waals surface area contributed by atoms with E-state index in [2.05, 4.69) is 39.9 Å². The van der Waals surface area contributed by atoms with Gasteiger partial charge in [0.25, 0.3) is 5.91 Å². The number of rotatable bonds is 39. The van der Waals surface area contributed by atoms with Crippen LogP contribution in [0.4, 0.5) is 0 Å². The summed E-state index contributed by atoms with van der Waals surface area (Å²) in [7, 11) is 0. The Morgan fingerprint density at radius 3 is 1.47 bits per heavy atom. The summed E-state index contributed by atoms with van der Waals surface area (Å²) in [6.07, 6.45) is 19.0. The molecule has 0 radical (unpaired) electrons. The highest BCUT2D eigenvalue weighted by atomic mass is 16.5. The number of unbranched alkanes of at least 4 members (excludes halogenated alkanes) is 13. The maximum atomic E-state index is 13.8. The van der Waals surface area contributed by atoms with Gasteiger partial charge in [-0.3, -0.25) is 19.2 Å². The summed E-state index contributed by atoms with van der Waals surface area (Å²) in [4.78, 5) is 52.9. The smallest absolute Gasteiger partial charge is 0.255 e. The first-order chi connectivity index (χ1) is 30.1. The molecule has 350 valence electrons. The number of nitrogens with one attached hydrogen (secondary N) is 1. The normalized spacial score (nSPS) is 11.2. The number of amides is 1. The summed E-state index contributed by atoms with van der Waals surface area (Å²) in [5.41, 5.74) is 12.9. The molecule has 0 aliphatic heterocycles. The topological polar surface area (TPSA) is 169 Å². The molecule has 0 unspecified atom stereocenters. The van der Waals surface area contributed by atoms with Gasteiger partial charge in [-0.2, -0.15) is 0 Å². The minimum Gasteiger partial charge on any atom is -0.493 e. The maximum Gasteiger partial charge on any atom is 0.255 e. The van der Waals surface area contributed by atoms with Crippen molar-refractivity contribution in [3.8, 4) is 23.0 Å². The Hall–Kier alpha value is -3.96. The quantitative estimate of drug-likeness (QED) is 0.0334. The van der Waals surface area contributed by atoms with Crippen LogP contribution in [-0.2, 0) is 0 Å². The molecule has 0 aromatic heterocycles. The summed E-state index contributed by atoms with van der Waals surface area (Å²) in [5.74, 6) is 2.33. The minimum atomic E-state index is -0.294. The number of nitrogens with two attached hydrogens (primary N) is 2. The van der Waals surface area contributed by atoms with Gasteiger partial charge in [-0.1, -0.05) is 86.0 Å². The molecule has 0 saturated carbocycles. The second-order valence-corrected chi connectivity index (χ2v) is 17.4. The van der Waals surface area contributed by atoms with Gasteiger partial charge in [0.15, 0.2) is 17.9 Å². The van der Waals surface area contributed by atoms with Crippen molar-refractivity contribution >= 4 is 23.8 Å². The number of aldehydes is 1. The lowest BCUT2D eigenvalue weighted by Crippen LogP contribution is -2.25. The third-order valence-electron chi connectivity index (χ3n) is 10.9. The Labute approximate surface area is 374 Å². The molecular formula is C51H83N3O8. The molecule has 0 heterocycles. The summed E-state index contributed by atoms with van der Waals surface area (Å²) < 4.78 is 24.4. The zero-order chi connectivity index (χ0) is 45.4. The first-order valence-corrected chi connectivity index (χ1v) is 24.1. The van der Waals surface area contributed by atoms with Crippen LogP contribution in [0.2, 0.25) is 0 Å². The van der Waals surface area contributed by atoms with Crippen LogP contribution >= 0.6 is 0 Å². The number of hydrogen-bond acceptors (Lipinski definition) is 10. The van der Waals surface area contributed by atoms with Gasteiger partial charge < -0.3 is 35.7 Å². The summed E-state index contributed by atoms with van der Waals surface area (Å²) in [6.45, 7) is 14.2. The Bertz CT molecular complexity index is 1580. The van der Waals surface area contributed by atoms with Crippen molar-refractivity contribution in [2.45, 2.75) is 169 Å². The molecule has 0 aliphatic carbocycles. The molecule has 0 aliphatic rings. The molecule has 0 atom stereocenters. The highest BCUT2D eigenvalue weighted by molar-refractivity contribution is 6.05. The number of ketones is 2. The summed E-state index contributed by atoms with van der Waals surface area (Å²) in [6, 6.07) is 6.72. The van der Waals surface area contributed by atoms with Crippen LogP contribution in [0.15, 0.2) is 24.3 Å². The molecule has 62 heavy (non-hydrogen) atoms. The molecule has 2 aromatic rings. The van der Waals surface area contributed by atoms with Crippen molar-refractivity contribution in [1.29, 1.82) is 0 Å². The van der Waals surface area contributed by atoms with Crippen molar-refractivity contribution in [2.75, 3.05) is 46.1 Å². The first kappa shape index (κ1) is 54.2. The Morgan fingerprint density at radius 1 is 0.532 bits per heavy atom. The Morgan fingerprint density at radius 2 is 0.968 bits per heavy atom. The van der Waals surface area contributed by atoms with Crippen LogP contribution in [0.5, 0.6) is 23.0 Å². The third-order valence-corrected chi connectivity index (χ3v) is 10.9. The zero-order valence-corrected chi connectivity index (χ0v) is 39.3. The maximum absolute atomic E-state index is 13.8. The van der Waals surface area contributed by atoms with Crippen molar-refractivity contribution in [3.63, 3.8) is 0 Å². The molecule has 0 fully saturated rings. The fraction of sp³-hybridized carbons (Fsp3) is 0.686. The van der Waals surface area contributed by atoms with Gasteiger partial charge in [-0.25, -0.2) is 0 Å². The SMILES string of the molecule is CCCCCCCCC(=O)c1cc(C(=O)CCCCCCCNC(=O)c2cc(C=O)c(OCCC(C)C)cc2OCCC(C)C)c(OCCCCCN)cc1OCCCCCN. The molecule has 2 rings (SSSR count). The van der Waals surface area contributed by atoms with E-state index in [0.29, 0.717) is 122 Å². The van der Waals surface area contributed by atoms with Gasteiger partial charge in [0.2, 0.25) is 0 Å². The molecule has 11 heteroatoms. The van der Waals surface area contributed by atoms with E-state index < -0.39 is 0 Å². The van der Waals surface area contributed by atoms with E-state index in [4.69, 9.17) is 30.4 Å². The number of hydrogen-bond donors (Lipinski definition) is 3. The van der Waals surface area contributed by atoms with Crippen LogP contribution < -0.4 is 35.7 Å². The average Bonchev–Trinajstić information content (AvgIpc) is 3.25. The lowest BCUT2D eigenvalue weighted by molar-refractivity contribution is 0.0943. The van der Waals surface area contributed by atoms with Gasteiger partial charge in [0.05, 0.1) is 48.7 Å². The number of carbonyl (C=O) groups excluding carboxylic acids is 4. The molecule has 1 amide bonds. The van der Waals surface area contributed by atoms with Gasteiger partial charge in [0.1, 0.15) is 23.0 Å². The highest BCUT2D eigenvalue weighted by Crippen LogP contribution is 2.33. The van der Waals surface area contributed by atoms with Crippen molar-refractivity contribution < 1.29 is 38.1 Å². The second kappa shape index (κ2) is 33.6. The first-order valence-electron chi connectivity index (χ1n) is 24.1. The number of Topliss-reactive ketones (excluding diaryl/α,β-unsaturated/α-hetero) is 2. The monoisotopic (exact) mass is 866 g/mol. The Balaban J connectivity index is 2.06. The molecule has 11 nitrogen and oxygen atoms in total. The lowest BCUT2D eigenvalue weighted by Gasteiger charge is -2.17. The van der Waals surface area contributed by atoms with Gasteiger partial charge in [0, 0.05) is 31.5 Å². The van der Waals surface area contributed by atoms with Crippen LogP contribution in [-0.4, -0.2) is 69.8 Å². The Kier molecular flexibility index (Phi) is 29.3. The van der Waals surface area contributed by atoms with Gasteiger partial charge in [-0.15, -0.1) is 0 Å². The van der Waals surface area contributed by atoms with Crippen LogP contribution in [0.25, 0.3) is 0 Å². The number of benzene rings is 2. The molecule has 5 N–H and O–H groups in total. The lowest BCUT2D eigenvalue weighted by atomic mass is 9.96. The van der Waals surface area contributed by atoms with E-state index in [9.17, 15) is 19.2 Å². The van der Waals surface area contributed by atoms with E-state index >= 15 is 0 Å². The molecule has 0 saturated heterocycles. The number of ether oxygens (including phenoxy) is 4. The fourth-order valence-corrected chi connectivity index (χ4v) is 6.92. The average molecular weight is 866 g/mol. The summed E-state index contributed by atoms with van der Waals surface area (Å²) in [5, 5.41) is 3.00.